The first kappa shape index (κ1) is 15.4. The molecule has 2 aliphatic carbocycles. The molecule has 3 aliphatic rings. The highest BCUT2D eigenvalue weighted by atomic mass is 16.2. The first-order valence-corrected chi connectivity index (χ1v) is 8.79. The average molecular weight is 326 g/mol. The largest absolute Gasteiger partial charge is 0.352 e. The number of nitrogens with zero attached hydrogens (tertiary/aromatic N) is 1. The predicted molar refractivity (Wildman–Crippen MR) is 88.8 cm³/mol. The molecule has 1 heterocycles. The summed E-state index contributed by atoms with van der Waals surface area (Å²) in [5.41, 5.74) is 1.14. The van der Waals surface area contributed by atoms with Crippen molar-refractivity contribution in [2.45, 2.75) is 32.1 Å². The molecule has 0 spiro atoms. The topological polar surface area (TPSA) is 66.5 Å². The third kappa shape index (κ3) is 2.43. The summed E-state index contributed by atoms with van der Waals surface area (Å²) in [4.78, 5) is 37.3. The summed E-state index contributed by atoms with van der Waals surface area (Å²) >= 11 is 0. The van der Waals surface area contributed by atoms with E-state index in [-0.39, 0.29) is 17.7 Å². The second-order valence-electron chi connectivity index (χ2n) is 7.41. The van der Waals surface area contributed by atoms with Gasteiger partial charge in [0.05, 0.1) is 11.1 Å². The highest BCUT2D eigenvalue weighted by molar-refractivity contribution is 6.21. The Morgan fingerprint density at radius 2 is 1.96 bits per heavy atom. The molecule has 4 rings (SSSR count). The van der Waals surface area contributed by atoms with E-state index in [1.54, 1.807) is 12.1 Å². The number of hydrogen-bond acceptors (Lipinski definition) is 3. The van der Waals surface area contributed by atoms with Gasteiger partial charge in [-0.2, -0.15) is 0 Å². The molecule has 5 nitrogen and oxygen atoms in total. The molecule has 1 aromatic rings. The van der Waals surface area contributed by atoms with Crippen LogP contribution in [-0.2, 0) is 0 Å². The van der Waals surface area contributed by atoms with Gasteiger partial charge in [-0.25, -0.2) is 0 Å². The van der Waals surface area contributed by atoms with Gasteiger partial charge >= 0.3 is 0 Å². The summed E-state index contributed by atoms with van der Waals surface area (Å²) in [6.07, 6.45) is 6.50. The van der Waals surface area contributed by atoms with Gasteiger partial charge in [0.2, 0.25) is 0 Å². The molecule has 3 atom stereocenters. The minimum atomic E-state index is -0.341. The Bertz CT molecular complexity index is 727. The molecule has 3 amide bonds. The van der Waals surface area contributed by atoms with E-state index < -0.39 is 0 Å². The molecular weight excluding hydrogens is 304 g/mol. The van der Waals surface area contributed by atoms with E-state index in [9.17, 15) is 14.4 Å². The van der Waals surface area contributed by atoms with Crippen LogP contribution in [0.15, 0.2) is 18.2 Å². The Hall–Kier alpha value is -2.17. The molecule has 2 fully saturated rings. The number of carbonyl (C=O) groups excluding carboxylic acids is 3. The molecule has 24 heavy (non-hydrogen) atoms. The molecule has 0 unspecified atom stereocenters. The Balaban J connectivity index is 1.37. The number of rotatable bonds is 4. The van der Waals surface area contributed by atoms with Crippen molar-refractivity contribution in [1.82, 2.24) is 10.2 Å². The molecule has 1 N–H and O–H groups in total. The average Bonchev–Trinajstić information content (AvgIpc) is 3.26. The maximum absolute atomic E-state index is 12.3. The standard InChI is InChI=1S/C19H22N2O3/c1-21-18(23)15-5-4-14(10-16(15)19(21)24)17(22)20-7-6-13-9-11-2-3-12(13)8-11/h4-5,10-13H,2-3,6-9H2,1H3,(H,20,22)/t11-,12-,13+/m0/s1. The van der Waals surface area contributed by atoms with Gasteiger partial charge in [-0.1, -0.05) is 6.42 Å². The van der Waals surface area contributed by atoms with Crippen LogP contribution < -0.4 is 5.32 Å². The van der Waals surface area contributed by atoms with E-state index in [2.05, 4.69) is 5.32 Å². The molecular formula is C19H22N2O3. The lowest BCUT2D eigenvalue weighted by Crippen LogP contribution is -2.27. The molecule has 126 valence electrons. The molecule has 2 saturated carbocycles. The smallest absolute Gasteiger partial charge is 0.261 e. The van der Waals surface area contributed by atoms with Crippen LogP contribution in [0.3, 0.4) is 0 Å². The summed E-state index contributed by atoms with van der Waals surface area (Å²) in [6.45, 7) is 0.677. The molecule has 2 bridgehead atoms. The van der Waals surface area contributed by atoms with Crippen molar-refractivity contribution in [3.05, 3.63) is 34.9 Å². The summed E-state index contributed by atoms with van der Waals surface area (Å²) in [5, 5.41) is 2.96. The van der Waals surface area contributed by atoms with Gasteiger partial charge in [0, 0.05) is 19.2 Å². The maximum Gasteiger partial charge on any atom is 0.261 e. The molecule has 1 aromatic carbocycles. The molecule has 0 saturated heterocycles. The third-order valence-corrected chi connectivity index (χ3v) is 6.04. The Morgan fingerprint density at radius 1 is 1.17 bits per heavy atom. The number of nitrogens with one attached hydrogen (secondary N) is 1. The fraction of sp³-hybridized carbons (Fsp3) is 0.526. The Kier molecular flexibility index (Phi) is 3.66. The predicted octanol–water partition coefficient (Wildman–Crippen LogP) is 2.47. The van der Waals surface area contributed by atoms with Crippen LogP contribution in [-0.4, -0.2) is 36.2 Å². The zero-order valence-electron chi connectivity index (χ0n) is 13.9. The van der Waals surface area contributed by atoms with Gasteiger partial charge in [0.15, 0.2) is 0 Å². The van der Waals surface area contributed by atoms with Crippen molar-refractivity contribution < 1.29 is 14.4 Å². The fourth-order valence-corrected chi connectivity index (χ4v) is 4.71. The molecule has 0 radical (unpaired) electrons. The van der Waals surface area contributed by atoms with Crippen molar-refractivity contribution in [3.63, 3.8) is 0 Å². The number of carbonyl (C=O) groups is 3. The van der Waals surface area contributed by atoms with Gasteiger partial charge in [-0.05, 0) is 61.6 Å². The minimum absolute atomic E-state index is 0.171. The first-order chi connectivity index (χ1) is 11.5. The number of fused-ring (bicyclic) bond motifs is 3. The van der Waals surface area contributed by atoms with Gasteiger partial charge in [-0.3, -0.25) is 19.3 Å². The summed E-state index contributed by atoms with van der Waals surface area (Å²) in [6, 6.07) is 4.73. The van der Waals surface area contributed by atoms with E-state index >= 15 is 0 Å². The Morgan fingerprint density at radius 3 is 2.67 bits per heavy atom. The van der Waals surface area contributed by atoms with Crippen molar-refractivity contribution in [2.75, 3.05) is 13.6 Å². The quantitative estimate of drug-likeness (QED) is 0.864. The zero-order valence-corrected chi connectivity index (χ0v) is 13.9. The van der Waals surface area contributed by atoms with Crippen LogP contribution in [0.4, 0.5) is 0 Å². The van der Waals surface area contributed by atoms with Crippen LogP contribution in [0.5, 0.6) is 0 Å². The summed E-state index contributed by atoms with van der Waals surface area (Å²) in [7, 11) is 1.46. The van der Waals surface area contributed by atoms with Crippen molar-refractivity contribution in [2.24, 2.45) is 17.8 Å². The van der Waals surface area contributed by atoms with Crippen LogP contribution >= 0.6 is 0 Å². The second-order valence-corrected chi connectivity index (χ2v) is 7.41. The summed E-state index contributed by atoms with van der Waals surface area (Å²) in [5.74, 6) is 1.73. The number of hydrogen-bond donors (Lipinski definition) is 1. The number of benzene rings is 1. The lowest BCUT2D eigenvalue weighted by molar-refractivity contribution is 0.0693. The monoisotopic (exact) mass is 326 g/mol. The van der Waals surface area contributed by atoms with Gasteiger partial charge in [0.1, 0.15) is 0 Å². The van der Waals surface area contributed by atoms with E-state index in [4.69, 9.17) is 0 Å². The van der Waals surface area contributed by atoms with E-state index in [1.807, 2.05) is 0 Å². The van der Waals surface area contributed by atoms with Gasteiger partial charge < -0.3 is 5.32 Å². The van der Waals surface area contributed by atoms with E-state index in [0.29, 0.717) is 23.2 Å². The number of imide groups is 1. The first-order valence-electron chi connectivity index (χ1n) is 8.79. The van der Waals surface area contributed by atoms with Crippen LogP contribution in [0.2, 0.25) is 0 Å². The lowest BCUT2D eigenvalue weighted by atomic mass is 9.86. The van der Waals surface area contributed by atoms with Gasteiger partial charge in [0.25, 0.3) is 17.7 Å². The molecule has 1 aliphatic heterocycles. The van der Waals surface area contributed by atoms with Crippen LogP contribution in [0.1, 0.15) is 63.2 Å². The van der Waals surface area contributed by atoms with Gasteiger partial charge in [-0.15, -0.1) is 0 Å². The van der Waals surface area contributed by atoms with Crippen molar-refractivity contribution in [1.29, 1.82) is 0 Å². The van der Waals surface area contributed by atoms with Crippen molar-refractivity contribution in [3.8, 4) is 0 Å². The molecule has 0 aromatic heterocycles. The van der Waals surface area contributed by atoms with Crippen LogP contribution in [0.25, 0.3) is 0 Å². The minimum Gasteiger partial charge on any atom is -0.352 e. The Labute approximate surface area is 141 Å². The normalized spacial score (nSPS) is 27.7. The fourth-order valence-electron chi connectivity index (χ4n) is 4.71. The highest BCUT2D eigenvalue weighted by Gasteiger charge is 2.39. The van der Waals surface area contributed by atoms with E-state index in [0.717, 1.165) is 29.1 Å². The lowest BCUT2D eigenvalue weighted by Gasteiger charge is -2.21. The summed E-state index contributed by atoms with van der Waals surface area (Å²) < 4.78 is 0. The van der Waals surface area contributed by atoms with E-state index in [1.165, 1.54) is 38.8 Å². The number of amides is 3. The third-order valence-electron chi connectivity index (χ3n) is 6.04. The zero-order chi connectivity index (χ0) is 16.8. The van der Waals surface area contributed by atoms with Crippen molar-refractivity contribution >= 4 is 17.7 Å². The highest BCUT2D eigenvalue weighted by Crippen LogP contribution is 2.49. The second kappa shape index (κ2) is 5.72. The van der Waals surface area contributed by atoms with Crippen LogP contribution in [0, 0.1) is 17.8 Å². The maximum atomic E-state index is 12.3. The molecule has 5 heteroatoms. The SMILES string of the molecule is CN1C(=O)c2ccc(C(=O)NCC[C@@H]3C[C@H]4CC[C@H]3C4)cc2C1=O.